The smallest absolute Gasteiger partial charge is 0.303 e. The number of carboxylic acid groups (broad SMARTS) is 2. The van der Waals surface area contributed by atoms with Gasteiger partial charge in [-0.25, -0.2) is 0 Å². The van der Waals surface area contributed by atoms with Gasteiger partial charge >= 0.3 is 11.9 Å². The van der Waals surface area contributed by atoms with Crippen molar-refractivity contribution in [2.24, 2.45) is 0 Å². The van der Waals surface area contributed by atoms with Gasteiger partial charge in [-0.1, -0.05) is 155 Å². The molecule has 0 amide bonds. The number of unbranched alkanes of at least 4 members (excludes halogenated alkanes) is 22. The molecule has 35 heavy (non-hydrogen) atoms. The summed E-state index contributed by atoms with van der Waals surface area (Å²) in [5.41, 5.74) is 0. The molecule has 0 fully saturated rings. The number of carbonyl (C=O) groups is 2. The third-order valence-corrected chi connectivity index (χ3v) is 6.49. The predicted molar refractivity (Wildman–Crippen MR) is 147 cm³/mol. The van der Waals surface area contributed by atoms with E-state index in [2.05, 4.69) is 13.8 Å². The average molecular weight is 550 g/mol. The first kappa shape index (κ1) is 39.1. The zero-order valence-corrected chi connectivity index (χ0v) is 26.8. The van der Waals surface area contributed by atoms with E-state index in [0.717, 1.165) is 25.7 Å². The predicted octanol–water partition coefficient (Wildman–Crippen LogP) is 10.3. The van der Waals surface area contributed by atoms with Gasteiger partial charge in [0.25, 0.3) is 0 Å². The molecule has 0 heterocycles. The van der Waals surface area contributed by atoms with Crippen LogP contribution < -0.4 is 0 Å². The monoisotopic (exact) mass is 548 g/mol. The Morgan fingerprint density at radius 2 is 0.543 bits per heavy atom. The maximum Gasteiger partial charge on any atom is 0.303 e. The summed E-state index contributed by atoms with van der Waals surface area (Å²) in [5, 5.41) is 16.9. The molecule has 0 aromatic rings. The van der Waals surface area contributed by atoms with Crippen molar-refractivity contribution in [1.29, 1.82) is 0 Å². The Morgan fingerprint density at radius 3 is 0.714 bits per heavy atom. The third kappa shape index (κ3) is 44.0. The van der Waals surface area contributed by atoms with Gasteiger partial charge in [-0.3, -0.25) is 9.59 Å². The Hall–Kier alpha value is -0.437. The summed E-state index contributed by atoms with van der Waals surface area (Å²) < 4.78 is 0. The van der Waals surface area contributed by atoms with Gasteiger partial charge in [0, 0.05) is 32.3 Å². The van der Waals surface area contributed by atoms with E-state index in [1.807, 2.05) is 0 Å². The van der Waals surface area contributed by atoms with Crippen LogP contribution in [0, 0.1) is 0 Å². The van der Waals surface area contributed by atoms with Crippen molar-refractivity contribution in [3.63, 3.8) is 0 Å². The van der Waals surface area contributed by atoms with Crippen LogP contribution in [0.5, 0.6) is 0 Å². The van der Waals surface area contributed by atoms with Crippen LogP contribution >= 0.6 is 0 Å². The molecule has 0 aliphatic heterocycles. The molecular formula is C30H60O4Zn. The van der Waals surface area contributed by atoms with Crippen LogP contribution in [0.3, 0.4) is 0 Å². The number of hydrogen-bond acceptors (Lipinski definition) is 2. The molecule has 0 aromatic carbocycles. The zero-order chi connectivity index (χ0) is 25.5. The fourth-order valence-corrected chi connectivity index (χ4v) is 4.23. The summed E-state index contributed by atoms with van der Waals surface area (Å²) in [6.45, 7) is 4.51. The maximum atomic E-state index is 10.3. The minimum absolute atomic E-state index is 0. The maximum absolute atomic E-state index is 10.3. The van der Waals surface area contributed by atoms with Crippen LogP contribution in [0.15, 0.2) is 0 Å². The summed E-state index contributed by atoms with van der Waals surface area (Å²) in [7, 11) is 0. The van der Waals surface area contributed by atoms with Crippen LogP contribution in [0.4, 0.5) is 0 Å². The van der Waals surface area contributed by atoms with E-state index in [0.29, 0.717) is 12.8 Å². The number of carboxylic acids is 2. The second-order valence-electron chi connectivity index (χ2n) is 10.1. The van der Waals surface area contributed by atoms with Gasteiger partial charge in [0.15, 0.2) is 0 Å². The number of hydrogen-bond donors (Lipinski definition) is 2. The summed E-state index contributed by atoms with van der Waals surface area (Å²) >= 11 is 0. The number of rotatable bonds is 26. The first-order valence-electron chi connectivity index (χ1n) is 15.0. The molecule has 5 heteroatoms. The molecule has 0 bridgehead atoms. The Labute approximate surface area is 231 Å². The van der Waals surface area contributed by atoms with Crippen LogP contribution in [-0.4, -0.2) is 22.2 Å². The topological polar surface area (TPSA) is 74.6 Å². The Balaban J connectivity index is -0.000000573. The van der Waals surface area contributed by atoms with E-state index in [1.54, 1.807) is 0 Å². The SMILES string of the molecule is CCCCCCCCCCCCCC(=O)O.CCCCCCCCCCCCCCCC(=O)O.[Zn]. The minimum atomic E-state index is -0.657. The van der Waals surface area contributed by atoms with Crippen molar-refractivity contribution in [1.82, 2.24) is 0 Å². The summed E-state index contributed by atoms with van der Waals surface area (Å²) in [6, 6.07) is 0. The fourth-order valence-electron chi connectivity index (χ4n) is 4.23. The molecule has 0 aromatic heterocycles. The molecule has 0 rings (SSSR count). The molecule has 4 nitrogen and oxygen atoms in total. The fraction of sp³-hybridized carbons (Fsp3) is 0.933. The van der Waals surface area contributed by atoms with E-state index < -0.39 is 11.9 Å². The third-order valence-electron chi connectivity index (χ3n) is 6.49. The van der Waals surface area contributed by atoms with Crippen molar-refractivity contribution in [3.05, 3.63) is 0 Å². The van der Waals surface area contributed by atoms with Crippen molar-refractivity contribution in [2.75, 3.05) is 0 Å². The Morgan fingerprint density at radius 1 is 0.371 bits per heavy atom. The van der Waals surface area contributed by atoms with Gasteiger partial charge in [-0.05, 0) is 12.8 Å². The zero-order valence-electron chi connectivity index (χ0n) is 23.8. The largest absolute Gasteiger partial charge is 0.481 e. The van der Waals surface area contributed by atoms with E-state index in [4.69, 9.17) is 10.2 Å². The van der Waals surface area contributed by atoms with Gasteiger partial charge < -0.3 is 10.2 Å². The summed E-state index contributed by atoms with van der Waals surface area (Å²) in [6.07, 6.45) is 31.6. The Kier molecular flexibility index (Phi) is 39.9. The first-order chi connectivity index (χ1) is 16.5. The molecule has 0 saturated heterocycles. The van der Waals surface area contributed by atoms with Crippen LogP contribution in [-0.2, 0) is 29.1 Å². The van der Waals surface area contributed by atoms with Gasteiger partial charge in [-0.2, -0.15) is 0 Å². The van der Waals surface area contributed by atoms with Crippen molar-refractivity contribution < 1.29 is 39.3 Å². The molecule has 0 spiro atoms. The van der Waals surface area contributed by atoms with Crippen LogP contribution in [0.2, 0.25) is 0 Å². The van der Waals surface area contributed by atoms with Gasteiger partial charge in [0.05, 0.1) is 0 Å². The molecule has 0 aliphatic carbocycles. The van der Waals surface area contributed by atoms with E-state index >= 15 is 0 Å². The molecule has 0 saturated carbocycles. The minimum Gasteiger partial charge on any atom is -0.481 e. The van der Waals surface area contributed by atoms with Gasteiger partial charge in [0.1, 0.15) is 0 Å². The van der Waals surface area contributed by atoms with Gasteiger partial charge in [-0.15, -0.1) is 0 Å². The molecule has 0 aliphatic rings. The summed E-state index contributed by atoms with van der Waals surface area (Å²) in [4.78, 5) is 20.6. The van der Waals surface area contributed by atoms with E-state index in [9.17, 15) is 9.59 Å². The van der Waals surface area contributed by atoms with E-state index in [-0.39, 0.29) is 19.5 Å². The average Bonchev–Trinajstić information content (AvgIpc) is 2.80. The molecule has 0 atom stereocenters. The molecule has 2 N–H and O–H groups in total. The molecular weight excluding hydrogens is 490 g/mol. The second-order valence-corrected chi connectivity index (χ2v) is 10.1. The van der Waals surface area contributed by atoms with Crippen molar-refractivity contribution >= 4 is 11.9 Å². The van der Waals surface area contributed by atoms with Gasteiger partial charge in [0.2, 0.25) is 0 Å². The normalized spacial score (nSPS) is 10.3. The van der Waals surface area contributed by atoms with E-state index in [1.165, 1.54) is 128 Å². The summed E-state index contributed by atoms with van der Waals surface area (Å²) in [5.74, 6) is -1.31. The van der Waals surface area contributed by atoms with Crippen LogP contribution in [0.25, 0.3) is 0 Å². The Bertz CT molecular complexity index is 415. The second kappa shape index (κ2) is 35.7. The number of aliphatic carboxylic acids is 2. The first-order valence-corrected chi connectivity index (χ1v) is 15.0. The quantitative estimate of drug-likeness (QED) is 0.0830. The standard InChI is InChI=1S/C16H32O2.C14H28O2.Zn/c1-2-3-4-5-6-7-8-9-10-11-12-13-14-15-16(17)18;1-2-3-4-5-6-7-8-9-10-11-12-13-14(15)16;/h2-15H2,1H3,(H,17,18);2-13H2,1H3,(H,15,16);. The molecule has 206 valence electrons. The van der Waals surface area contributed by atoms with Crippen LogP contribution in [0.1, 0.15) is 181 Å². The van der Waals surface area contributed by atoms with Crippen molar-refractivity contribution in [2.45, 2.75) is 181 Å². The van der Waals surface area contributed by atoms with Crippen molar-refractivity contribution in [3.8, 4) is 0 Å². The molecule has 0 radical (unpaired) electrons. The molecule has 0 unspecified atom stereocenters.